The molecule has 0 aliphatic heterocycles. The van der Waals surface area contributed by atoms with Gasteiger partial charge >= 0.3 is 5.97 Å². The van der Waals surface area contributed by atoms with Crippen LogP contribution in [0.3, 0.4) is 0 Å². The number of amides is 1. The molecule has 1 saturated carbocycles. The summed E-state index contributed by atoms with van der Waals surface area (Å²) < 4.78 is 30.4. The van der Waals surface area contributed by atoms with Gasteiger partial charge < -0.3 is 10.1 Å². The van der Waals surface area contributed by atoms with Crippen LogP contribution in [0.25, 0.3) is 0 Å². The lowest BCUT2D eigenvalue weighted by molar-refractivity contribution is -0.147. The zero-order valence-corrected chi connectivity index (χ0v) is 17.5. The fraction of sp³-hybridized carbons (Fsp3) is 0.600. The van der Waals surface area contributed by atoms with E-state index in [-0.39, 0.29) is 17.5 Å². The van der Waals surface area contributed by atoms with Gasteiger partial charge in [-0.05, 0) is 37.0 Å². The van der Waals surface area contributed by atoms with Gasteiger partial charge in [-0.1, -0.05) is 38.2 Å². The summed E-state index contributed by atoms with van der Waals surface area (Å²) in [6.07, 6.45) is 8.53. The molecule has 0 spiro atoms. The van der Waals surface area contributed by atoms with Gasteiger partial charge in [0.2, 0.25) is 10.0 Å². The highest BCUT2D eigenvalue weighted by atomic mass is 32.2. The van der Waals surface area contributed by atoms with E-state index in [0.717, 1.165) is 23.1 Å². The van der Waals surface area contributed by atoms with Gasteiger partial charge in [0.25, 0.3) is 5.91 Å². The van der Waals surface area contributed by atoms with Crippen molar-refractivity contribution in [2.45, 2.75) is 56.3 Å². The minimum absolute atomic E-state index is 0.0787. The van der Waals surface area contributed by atoms with Crippen molar-refractivity contribution >= 4 is 27.6 Å². The molecule has 2 rings (SSSR count). The van der Waals surface area contributed by atoms with Crippen molar-refractivity contribution in [1.82, 2.24) is 4.31 Å². The molecule has 0 bridgehead atoms. The lowest BCUT2D eigenvalue weighted by Gasteiger charge is -2.20. The fourth-order valence-corrected chi connectivity index (χ4v) is 4.32. The van der Waals surface area contributed by atoms with Crippen molar-refractivity contribution in [3.63, 3.8) is 0 Å². The number of benzene rings is 1. The zero-order chi connectivity index (χ0) is 20.6. The Bertz CT molecular complexity index is 771. The van der Waals surface area contributed by atoms with Crippen LogP contribution in [0, 0.1) is 5.92 Å². The number of rotatable bonds is 9. The molecule has 1 aliphatic rings. The summed E-state index contributed by atoms with van der Waals surface area (Å²) in [4.78, 5) is 23.9. The van der Waals surface area contributed by atoms with E-state index in [1.54, 1.807) is 12.1 Å². The fourth-order valence-electron chi connectivity index (χ4n) is 3.37. The molecule has 0 aromatic heterocycles. The topological polar surface area (TPSA) is 92.8 Å². The Morgan fingerprint density at radius 2 is 1.89 bits per heavy atom. The third kappa shape index (κ3) is 6.91. The predicted molar refractivity (Wildman–Crippen MR) is 107 cm³/mol. The Morgan fingerprint density at radius 1 is 1.18 bits per heavy atom. The molecule has 156 valence electrons. The molecule has 1 aromatic rings. The SMILES string of the molecule is CN(C)S(=O)(=O)c1cccc(NC(=O)COC(=O)CCCC2CCCCC2)c1. The van der Waals surface area contributed by atoms with Gasteiger partial charge in [0.05, 0.1) is 4.90 Å². The maximum absolute atomic E-state index is 12.1. The second-order valence-electron chi connectivity index (χ2n) is 7.42. The van der Waals surface area contributed by atoms with Crippen LogP contribution in [0.1, 0.15) is 51.4 Å². The number of ether oxygens (including phenoxy) is 1. The molecule has 0 atom stereocenters. The van der Waals surface area contributed by atoms with E-state index < -0.39 is 15.9 Å². The molecule has 28 heavy (non-hydrogen) atoms. The summed E-state index contributed by atoms with van der Waals surface area (Å²) >= 11 is 0. The Balaban J connectivity index is 1.74. The third-order valence-corrected chi connectivity index (χ3v) is 6.79. The molecule has 0 heterocycles. The van der Waals surface area contributed by atoms with Crippen LogP contribution in [0.5, 0.6) is 0 Å². The molecule has 1 fully saturated rings. The van der Waals surface area contributed by atoms with E-state index in [2.05, 4.69) is 5.32 Å². The van der Waals surface area contributed by atoms with Crippen molar-refractivity contribution in [1.29, 1.82) is 0 Å². The molecule has 1 aliphatic carbocycles. The molecule has 0 saturated heterocycles. The Kier molecular flexibility index (Phi) is 8.44. The maximum Gasteiger partial charge on any atom is 0.306 e. The number of nitrogens with zero attached hydrogens (tertiary/aromatic N) is 1. The van der Waals surface area contributed by atoms with Crippen LogP contribution in [0.4, 0.5) is 5.69 Å². The minimum atomic E-state index is -3.58. The van der Waals surface area contributed by atoms with E-state index in [1.807, 2.05) is 0 Å². The van der Waals surface area contributed by atoms with Crippen molar-refractivity contribution < 1.29 is 22.7 Å². The number of esters is 1. The van der Waals surface area contributed by atoms with Crippen LogP contribution < -0.4 is 5.32 Å². The lowest BCUT2D eigenvalue weighted by atomic mass is 9.86. The summed E-state index contributed by atoms with van der Waals surface area (Å²) in [6, 6.07) is 5.96. The number of carbonyl (C=O) groups excluding carboxylic acids is 2. The molecule has 8 heteroatoms. The normalized spacial score (nSPS) is 15.4. The first-order chi connectivity index (χ1) is 13.3. The van der Waals surface area contributed by atoms with Gasteiger partial charge in [0.15, 0.2) is 6.61 Å². The van der Waals surface area contributed by atoms with E-state index in [4.69, 9.17) is 4.74 Å². The maximum atomic E-state index is 12.1. The average Bonchev–Trinajstić information content (AvgIpc) is 2.67. The van der Waals surface area contributed by atoms with Gasteiger partial charge in [0, 0.05) is 26.2 Å². The number of hydrogen-bond donors (Lipinski definition) is 1. The largest absolute Gasteiger partial charge is 0.456 e. The second-order valence-corrected chi connectivity index (χ2v) is 9.57. The van der Waals surface area contributed by atoms with Gasteiger partial charge in [-0.3, -0.25) is 9.59 Å². The molecule has 1 aromatic carbocycles. The van der Waals surface area contributed by atoms with Gasteiger partial charge in [-0.2, -0.15) is 0 Å². The first kappa shape index (κ1) is 22.4. The number of carbonyl (C=O) groups is 2. The molecule has 0 radical (unpaired) electrons. The van der Waals surface area contributed by atoms with Crippen molar-refractivity contribution in [2.75, 3.05) is 26.0 Å². The lowest BCUT2D eigenvalue weighted by Crippen LogP contribution is -2.23. The highest BCUT2D eigenvalue weighted by molar-refractivity contribution is 7.89. The van der Waals surface area contributed by atoms with Crippen LogP contribution in [-0.4, -0.2) is 45.3 Å². The summed E-state index contributed by atoms with van der Waals surface area (Å²) in [5, 5.41) is 2.56. The Labute approximate surface area is 167 Å². The predicted octanol–water partition coefficient (Wildman–Crippen LogP) is 3.17. The van der Waals surface area contributed by atoms with Crippen LogP contribution in [0.2, 0.25) is 0 Å². The number of hydrogen-bond acceptors (Lipinski definition) is 5. The first-order valence-corrected chi connectivity index (χ1v) is 11.2. The van der Waals surface area contributed by atoms with E-state index in [0.29, 0.717) is 12.1 Å². The van der Waals surface area contributed by atoms with Gasteiger partial charge in [-0.25, -0.2) is 12.7 Å². The smallest absolute Gasteiger partial charge is 0.306 e. The van der Waals surface area contributed by atoms with Crippen molar-refractivity contribution in [3.8, 4) is 0 Å². The van der Waals surface area contributed by atoms with Gasteiger partial charge in [0.1, 0.15) is 0 Å². The van der Waals surface area contributed by atoms with E-state index in [1.165, 1.54) is 58.3 Å². The van der Waals surface area contributed by atoms with Crippen molar-refractivity contribution in [3.05, 3.63) is 24.3 Å². The summed E-state index contributed by atoms with van der Waals surface area (Å²) in [5.74, 6) is -0.162. The zero-order valence-electron chi connectivity index (χ0n) is 16.6. The molecule has 1 N–H and O–H groups in total. The van der Waals surface area contributed by atoms with E-state index >= 15 is 0 Å². The molecule has 7 nitrogen and oxygen atoms in total. The van der Waals surface area contributed by atoms with Crippen LogP contribution in [0.15, 0.2) is 29.2 Å². The highest BCUT2D eigenvalue weighted by Crippen LogP contribution is 2.27. The Hall–Kier alpha value is -1.93. The Morgan fingerprint density at radius 3 is 2.57 bits per heavy atom. The minimum Gasteiger partial charge on any atom is -0.456 e. The third-order valence-electron chi connectivity index (χ3n) is 4.98. The number of anilines is 1. The molecular weight excluding hydrogens is 380 g/mol. The van der Waals surface area contributed by atoms with Gasteiger partial charge in [-0.15, -0.1) is 0 Å². The van der Waals surface area contributed by atoms with Crippen molar-refractivity contribution in [2.24, 2.45) is 5.92 Å². The molecule has 1 amide bonds. The quantitative estimate of drug-likeness (QED) is 0.631. The number of nitrogens with one attached hydrogen (secondary N) is 1. The van der Waals surface area contributed by atoms with E-state index in [9.17, 15) is 18.0 Å². The highest BCUT2D eigenvalue weighted by Gasteiger charge is 2.18. The van der Waals surface area contributed by atoms with Crippen LogP contribution in [-0.2, 0) is 24.3 Å². The molecule has 0 unspecified atom stereocenters. The van der Waals surface area contributed by atoms with Crippen LogP contribution >= 0.6 is 0 Å². The molecular formula is C20H30N2O5S. The summed E-state index contributed by atoms with van der Waals surface area (Å²) in [5.41, 5.74) is 0.335. The average molecular weight is 411 g/mol. The summed E-state index contributed by atoms with van der Waals surface area (Å²) in [7, 11) is -0.706. The second kappa shape index (κ2) is 10.6. The monoisotopic (exact) mass is 410 g/mol. The summed E-state index contributed by atoms with van der Waals surface area (Å²) in [6.45, 7) is -0.382. The standard InChI is InChI=1S/C20H30N2O5S/c1-22(2)28(25,26)18-12-7-11-17(14-18)21-19(23)15-27-20(24)13-6-10-16-8-4-3-5-9-16/h7,11-12,14,16H,3-6,8-10,13,15H2,1-2H3,(H,21,23). The first-order valence-electron chi connectivity index (χ1n) is 9.77. The number of sulfonamides is 1.